The average molecular weight is 248 g/mol. The molecule has 2 heteroatoms. The van der Waals surface area contributed by atoms with E-state index in [0.29, 0.717) is 11.8 Å². The van der Waals surface area contributed by atoms with Gasteiger partial charge in [0.05, 0.1) is 0 Å². The van der Waals surface area contributed by atoms with Crippen LogP contribution < -0.4 is 0 Å². The number of rotatable bonds is 3. The maximum Gasteiger partial charge on any atom is 0.0256 e. The summed E-state index contributed by atoms with van der Waals surface area (Å²) >= 11 is 0. The molecule has 0 saturated heterocycles. The van der Waals surface area contributed by atoms with Gasteiger partial charge in [0.1, 0.15) is 0 Å². The molecule has 0 aliphatic carbocycles. The molecule has 1 N–H and O–H groups in total. The largest absolute Gasteiger partial charge is 0.308 e. The molecule has 0 saturated carbocycles. The van der Waals surface area contributed by atoms with E-state index in [-0.39, 0.29) is 16.8 Å². The molecular formula is C13H19CoN. The molecule has 85 valence electrons. The van der Waals surface area contributed by atoms with Crippen molar-refractivity contribution in [3.8, 4) is 0 Å². The Kier molecular flexibility index (Phi) is 5.84. The van der Waals surface area contributed by atoms with Gasteiger partial charge in [0.2, 0.25) is 0 Å². The van der Waals surface area contributed by atoms with Crippen molar-refractivity contribution >= 4 is 6.21 Å². The van der Waals surface area contributed by atoms with Crippen LogP contribution in [0.3, 0.4) is 0 Å². The average Bonchev–Trinajstić information content (AvgIpc) is 2.16. The Balaban J connectivity index is 0.00000196. The van der Waals surface area contributed by atoms with Crippen molar-refractivity contribution in [3.63, 3.8) is 0 Å². The molecule has 0 aliphatic heterocycles. The SMILES string of the molecule is CC(C)c1cccc(C(C)C)c1C=N.[Co]. The molecule has 1 rings (SSSR count). The molecule has 0 heterocycles. The van der Waals surface area contributed by atoms with Crippen molar-refractivity contribution in [1.82, 2.24) is 0 Å². The predicted octanol–water partition coefficient (Wildman–Crippen LogP) is 3.93. The molecule has 1 nitrogen and oxygen atoms in total. The van der Waals surface area contributed by atoms with Crippen LogP contribution >= 0.6 is 0 Å². The van der Waals surface area contributed by atoms with E-state index in [1.807, 2.05) is 0 Å². The first-order chi connectivity index (χ1) is 6.57. The molecule has 0 atom stereocenters. The Morgan fingerprint density at radius 1 is 1.00 bits per heavy atom. The second kappa shape index (κ2) is 6.08. The van der Waals surface area contributed by atoms with Crippen molar-refractivity contribution in [3.05, 3.63) is 34.9 Å². The first kappa shape index (κ1) is 14.4. The van der Waals surface area contributed by atoms with Gasteiger partial charge in [-0.25, -0.2) is 0 Å². The smallest absolute Gasteiger partial charge is 0.0256 e. The minimum Gasteiger partial charge on any atom is -0.308 e. The van der Waals surface area contributed by atoms with E-state index in [4.69, 9.17) is 5.41 Å². The summed E-state index contributed by atoms with van der Waals surface area (Å²) in [4.78, 5) is 0. The van der Waals surface area contributed by atoms with Crippen molar-refractivity contribution in [2.75, 3.05) is 0 Å². The molecule has 1 aromatic carbocycles. The van der Waals surface area contributed by atoms with Crippen LogP contribution in [0.15, 0.2) is 18.2 Å². The number of hydrogen-bond donors (Lipinski definition) is 1. The summed E-state index contributed by atoms with van der Waals surface area (Å²) in [5.74, 6) is 0.982. The Labute approximate surface area is 103 Å². The third-order valence-corrected chi connectivity index (χ3v) is 2.56. The van der Waals surface area contributed by atoms with Gasteiger partial charge < -0.3 is 5.41 Å². The Bertz CT molecular complexity index is 303. The summed E-state index contributed by atoms with van der Waals surface area (Å²) in [5.41, 5.74) is 3.68. The first-order valence-electron chi connectivity index (χ1n) is 5.21. The van der Waals surface area contributed by atoms with E-state index in [1.165, 1.54) is 17.3 Å². The maximum absolute atomic E-state index is 7.49. The van der Waals surface area contributed by atoms with E-state index >= 15 is 0 Å². The maximum atomic E-state index is 7.49. The third kappa shape index (κ3) is 3.18. The van der Waals surface area contributed by atoms with Crippen LogP contribution in [0.1, 0.15) is 56.2 Å². The van der Waals surface area contributed by atoms with Gasteiger partial charge in [0.25, 0.3) is 0 Å². The van der Waals surface area contributed by atoms with Crippen molar-refractivity contribution in [1.29, 1.82) is 5.41 Å². The molecule has 15 heavy (non-hydrogen) atoms. The van der Waals surface area contributed by atoms with E-state index in [2.05, 4.69) is 45.9 Å². The fraction of sp³-hybridized carbons (Fsp3) is 0.462. The molecule has 0 bridgehead atoms. The van der Waals surface area contributed by atoms with Gasteiger partial charge in [0, 0.05) is 23.0 Å². The van der Waals surface area contributed by atoms with Gasteiger partial charge in [0.15, 0.2) is 0 Å². The van der Waals surface area contributed by atoms with Crippen LogP contribution in [0.2, 0.25) is 0 Å². The fourth-order valence-corrected chi connectivity index (χ4v) is 1.78. The quantitative estimate of drug-likeness (QED) is 0.784. The standard InChI is InChI=1S/C13H19N.Co/c1-9(2)11-6-5-7-12(10(3)4)13(11)8-14;/h5-10,14H,1-4H3;. The van der Waals surface area contributed by atoms with Crippen molar-refractivity contribution < 1.29 is 16.8 Å². The van der Waals surface area contributed by atoms with E-state index in [0.717, 1.165) is 5.56 Å². The third-order valence-electron chi connectivity index (χ3n) is 2.56. The van der Waals surface area contributed by atoms with Crippen LogP contribution in [-0.4, -0.2) is 6.21 Å². The molecule has 1 aromatic rings. The minimum absolute atomic E-state index is 0. The zero-order valence-electron chi connectivity index (χ0n) is 9.80. The summed E-state index contributed by atoms with van der Waals surface area (Å²) in [7, 11) is 0. The Hall–Kier alpha value is -0.604. The zero-order chi connectivity index (χ0) is 10.7. The summed E-state index contributed by atoms with van der Waals surface area (Å²) in [6, 6.07) is 6.34. The Morgan fingerprint density at radius 3 is 1.67 bits per heavy atom. The van der Waals surface area contributed by atoms with Crippen LogP contribution in [-0.2, 0) is 16.8 Å². The van der Waals surface area contributed by atoms with Gasteiger partial charge in [-0.15, -0.1) is 0 Å². The molecule has 1 radical (unpaired) electrons. The molecule has 0 aromatic heterocycles. The van der Waals surface area contributed by atoms with Gasteiger partial charge >= 0.3 is 0 Å². The van der Waals surface area contributed by atoms with Crippen LogP contribution in [0.5, 0.6) is 0 Å². The monoisotopic (exact) mass is 248 g/mol. The van der Waals surface area contributed by atoms with E-state index in [1.54, 1.807) is 0 Å². The first-order valence-corrected chi connectivity index (χ1v) is 5.21. The number of nitrogens with one attached hydrogen (secondary N) is 1. The predicted molar refractivity (Wildman–Crippen MR) is 62.5 cm³/mol. The van der Waals surface area contributed by atoms with E-state index in [9.17, 15) is 0 Å². The second-order valence-electron chi connectivity index (χ2n) is 4.30. The normalized spacial score (nSPS) is 10.3. The van der Waals surface area contributed by atoms with Gasteiger partial charge in [-0.05, 0) is 28.5 Å². The van der Waals surface area contributed by atoms with Crippen molar-refractivity contribution in [2.24, 2.45) is 0 Å². The zero-order valence-corrected chi connectivity index (χ0v) is 10.8. The summed E-state index contributed by atoms with van der Waals surface area (Å²) in [6.45, 7) is 8.69. The Morgan fingerprint density at radius 2 is 1.40 bits per heavy atom. The van der Waals surface area contributed by atoms with Gasteiger partial charge in [-0.1, -0.05) is 45.9 Å². The fourth-order valence-electron chi connectivity index (χ4n) is 1.78. The van der Waals surface area contributed by atoms with Crippen LogP contribution in [0.4, 0.5) is 0 Å². The second-order valence-corrected chi connectivity index (χ2v) is 4.30. The van der Waals surface area contributed by atoms with Crippen molar-refractivity contribution in [2.45, 2.75) is 39.5 Å². The number of benzene rings is 1. The molecule has 0 fully saturated rings. The van der Waals surface area contributed by atoms with E-state index < -0.39 is 0 Å². The molecular weight excluding hydrogens is 229 g/mol. The van der Waals surface area contributed by atoms with Crippen LogP contribution in [0.25, 0.3) is 0 Å². The molecule has 0 amide bonds. The number of hydrogen-bond acceptors (Lipinski definition) is 1. The molecule has 0 unspecified atom stereocenters. The van der Waals surface area contributed by atoms with Gasteiger partial charge in [-0.3, -0.25) is 0 Å². The molecule has 0 aliphatic rings. The summed E-state index contributed by atoms with van der Waals surface area (Å²) in [5, 5.41) is 7.49. The summed E-state index contributed by atoms with van der Waals surface area (Å²) < 4.78 is 0. The van der Waals surface area contributed by atoms with Crippen LogP contribution in [0, 0.1) is 5.41 Å². The minimum atomic E-state index is 0. The topological polar surface area (TPSA) is 23.9 Å². The molecule has 0 spiro atoms. The summed E-state index contributed by atoms with van der Waals surface area (Å²) in [6.07, 6.45) is 1.49. The van der Waals surface area contributed by atoms with Gasteiger partial charge in [-0.2, -0.15) is 0 Å².